The third-order valence-corrected chi connectivity index (χ3v) is 1.91. The van der Waals surface area contributed by atoms with E-state index in [0.717, 1.165) is 5.35 Å². The van der Waals surface area contributed by atoms with Crippen LogP contribution in [0.3, 0.4) is 0 Å². The number of hydrogen-bond acceptors (Lipinski definition) is 4. The summed E-state index contributed by atoms with van der Waals surface area (Å²) >= 11 is 1.62. The minimum atomic E-state index is 1.01. The number of nitrogens with one attached hydrogen (secondary N) is 2. The van der Waals surface area contributed by atoms with Gasteiger partial charge in [-0.1, -0.05) is 0 Å². The Morgan fingerprint density at radius 3 is 3.11 bits per heavy atom. The molecule has 0 saturated carbocycles. The summed E-state index contributed by atoms with van der Waals surface area (Å²) < 4.78 is 1.17. The van der Waals surface area contributed by atoms with Crippen LogP contribution >= 0.6 is 11.3 Å². The highest BCUT2D eigenvalue weighted by atomic mass is 32.1. The fourth-order valence-corrected chi connectivity index (χ4v) is 1.34. The van der Waals surface area contributed by atoms with Crippen molar-refractivity contribution >= 4 is 23.7 Å². The Bertz CT molecular complexity index is 283. The van der Waals surface area contributed by atoms with Gasteiger partial charge in [-0.15, -0.1) is 11.3 Å². The lowest BCUT2D eigenvalue weighted by molar-refractivity contribution is 0.842. The molecule has 0 spiro atoms. The molecule has 0 aromatic carbocycles. The maximum atomic E-state index is 4.09. The van der Waals surface area contributed by atoms with E-state index in [0.29, 0.717) is 0 Å². The molecular formula is C5H5N3S. The Balaban J connectivity index is 2.89. The monoisotopic (exact) mass is 139 g/mol. The molecule has 0 atom stereocenters. The Morgan fingerprint density at radius 2 is 2.22 bits per heavy atom. The van der Waals surface area contributed by atoms with E-state index in [9.17, 15) is 0 Å². The third kappa shape index (κ3) is 0.675. The van der Waals surface area contributed by atoms with Crippen molar-refractivity contribution in [2.75, 3.05) is 0 Å². The van der Waals surface area contributed by atoms with E-state index in [2.05, 4.69) is 15.8 Å². The Morgan fingerprint density at radius 1 is 1.33 bits per heavy atom. The zero-order valence-corrected chi connectivity index (χ0v) is 5.40. The number of aromatic nitrogens is 1. The molecule has 9 heavy (non-hydrogen) atoms. The second kappa shape index (κ2) is 1.73. The van der Waals surface area contributed by atoms with Gasteiger partial charge in [0.1, 0.15) is 5.35 Å². The SMILES string of the molecule is C1=c2ncsc2=CNN1. The molecule has 0 amide bonds. The first-order valence-corrected chi connectivity index (χ1v) is 3.46. The standard InChI is InChI=1S/C5H5N3S/c1-4-5(2-8-7-1)9-3-6-4/h1-3,7-8H. The van der Waals surface area contributed by atoms with Gasteiger partial charge >= 0.3 is 0 Å². The molecule has 0 bridgehead atoms. The second-order valence-corrected chi connectivity index (χ2v) is 2.57. The van der Waals surface area contributed by atoms with Crippen LogP contribution in [0.15, 0.2) is 5.51 Å². The lowest BCUT2D eigenvalue weighted by atomic mass is 10.6. The highest BCUT2D eigenvalue weighted by Crippen LogP contribution is 1.75. The summed E-state index contributed by atoms with van der Waals surface area (Å²) in [6.07, 6.45) is 3.73. The Kier molecular flexibility index (Phi) is 0.927. The molecule has 2 heterocycles. The maximum Gasteiger partial charge on any atom is 0.100 e. The molecular weight excluding hydrogens is 134 g/mol. The predicted molar refractivity (Wildman–Crippen MR) is 36.6 cm³/mol. The second-order valence-electron chi connectivity index (χ2n) is 1.68. The van der Waals surface area contributed by atoms with E-state index in [4.69, 9.17) is 0 Å². The smallest absolute Gasteiger partial charge is 0.100 e. The molecule has 0 saturated heterocycles. The normalized spacial score (nSPS) is 13.8. The lowest BCUT2D eigenvalue weighted by Gasteiger charge is -1.99. The minimum absolute atomic E-state index is 1.01. The van der Waals surface area contributed by atoms with Gasteiger partial charge in [0.05, 0.1) is 10.0 Å². The average molecular weight is 139 g/mol. The van der Waals surface area contributed by atoms with Crippen LogP contribution < -0.4 is 20.7 Å². The molecule has 1 aromatic heterocycles. The van der Waals surface area contributed by atoms with Crippen molar-refractivity contribution < 1.29 is 0 Å². The van der Waals surface area contributed by atoms with Gasteiger partial charge in [-0.05, 0) is 0 Å². The largest absolute Gasteiger partial charge is 0.307 e. The number of nitrogens with zero attached hydrogens (tertiary/aromatic N) is 1. The topological polar surface area (TPSA) is 37.0 Å². The van der Waals surface area contributed by atoms with Crippen molar-refractivity contribution in [2.45, 2.75) is 0 Å². The summed E-state index contributed by atoms with van der Waals surface area (Å²) in [5.41, 5.74) is 7.53. The van der Waals surface area contributed by atoms with E-state index in [1.807, 2.05) is 17.9 Å². The molecule has 4 heteroatoms. The summed E-state index contributed by atoms with van der Waals surface area (Å²) in [5.74, 6) is 0. The number of hydrazine groups is 1. The Hall–Kier alpha value is -1.03. The van der Waals surface area contributed by atoms with Crippen molar-refractivity contribution in [3.8, 4) is 0 Å². The van der Waals surface area contributed by atoms with E-state index in [1.54, 1.807) is 11.3 Å². The highest BCUT2D eigenvalue weighted by molar-refractivity contribution is 7.07. The number of fused-ring (bicyclic) bond motifs is 1. The number of thiazole rings is 1. The first-order valence-electron chi connectivity index (χ1n) is 2.58. The van der Waals surface area contributed by atoms with Crippen LogP contribution in [-0.2, 0) is 0 Å². The third-order valence-electron chi connectivity index (χ3n) is 1.12. The van der Waals surface area contributed by atoms with Gasteiger partial charge in [-0.2, -0.15) is 0 Å². The van der Waals surface area contributed by atoms with Crippen LogP contribution in [-0.4, -0.2) is 4.98 Å². The number of hydrogen-bond donors (Lipinski definition) is 2. The molecule has 0 fully saturated rings. The van der Waals surface area contributed by atoms with Gasteiger partial charge in [0.25, 0.3) is 0 Å². The highest BCUT2D eigenvalue weighted by Gasteiger charge is 1.90. The predicted octanol–water partition coefficient (Wildman–Crippen LogP) is -1.27. The van der Waals surface area contributed by atoms with Crippen molar-refractivity contribution in [3.05, 3.63) is 15.4 Å². The molecule has 1 aliphatic rings. The van der Waals surface area contributed by atoms with E-state index < -0.39 is 0 Å². The van der Waals surface area contributed by atoms with Crippen LogP contribution in [0, 0.1) is 0 Å². The summed E-state index contributed by atoms with van der Waals surface area (Å²) in [5, 5.41) is 1.01. The maximum absolute atomic E-state index is 4.09. The zero-order valence-electron chi connectivity index (χ0n) is 4.59. The van der Waals surface area contributed by atoms with Crippen LogP contribution in [0.4, 0.5) is 0 Å². The fourth-order valence-electron chi connectivity index (χ4n) is 0.698. The molecule has 1 aromatic rings. The van der Waals surface area contributed by atoms with Gasteiger partial charge in [-0.25, -0.2) is 4.98 Å². The molecule has 0 unspecified atom stereocenters. The van der Waals surface area contributed by atoms with Gasteiger partial charge in [0.2, 0.25) is 0 Å². The van der Waals surface area contributed by atoms with Crippen molar-refractivity contribution in [3.63, 3.8) is 0 Å². The van der Waals surface area contributed by atoms with Gasteiger partial charge in [0.15, 0.2) is 0 Å². The van der Waals surface area contributed by atoms with Crippen molar-refractivity contribution in [1.82, 2.24) is 15.8 Å². The van der Waals surface area contributed by atoms with Crippen LogP contribution in [0.1, 0.15) is 0 Å². The van der Waals surface area contributed by atoms with Crippen LogP contribution in [0.25, 0.3) is 12.4 Å². The summed E-state index contributed by atoms with van der Waals surface area (Å²) in [7, 11) is 0. The van der Waals surface area contributed by atoms with Gasteiger partial charge in [-0.3, -0.25) is 0 Å². The Labute approximate surface area is 55.7 Å². The van der Waals surface area contributed by atoms with Crippen molar-refractivity contribution in [1.29, 1.82) is 0 Å². The number of rotatable bonds is 0. The van der Waals surface area contributed by atoms with Gasteiger partial charge in [0, 0.05) is 12.4 Å². The molecule has 1 aliphatic heterocycles. The fraction of sp³-hybridized carbons (Fsp3) is 0. The molecule has 0 radical (unpaired) electrons. The van der Waals surface area contributed by atoms with Gasteiger partial charge < -0.3 is 10.9 Å². The van der Waals surface area contributed by atoms with E-state index in [1.165, 1.54) is 4.53 Å². The van der Waals surface area contributed by atoms with Crippen LogP contribution in [0.2, 0.25) is 0 Å². The zero-order chi connectivity index (χ0) is 6.10. The first-order chi connectivity index (χ1) is 4.47. The van der Waals surface area contributed by atoms with E-state index >= 15 is 0 Å². The quantitative estimate of drug-likeness (QED) is 0.470. The summed E-state index contributed by atoms with van der Waals surface area (Å²) in [6.45, 7) is 0. The summed E-state index contributed by atoms with van der Waals surface area (Å²) in [6, 6.07) is 0. The molecule has 2 N–H and O–H groups in total. The first kappa shape index (κ1) is 4.81. The minimum Gasteiger partial charge on any atom is -0.307 e. The average Bonchev–Trinajstić information content (AvgIpc) is 2.33. The molecule has 3 nitrogen and oxygen atoms in total. The van der Waals surface area contributed by atoms with E-state index in [-0.39, 0.29) is 0 Å². The lowest BCUT2D eigenvalue weighted by Crippen LogP contribution is -2.37. The molecule has 0 aliphatic carbocycles. The molecule has 2 rings (SSSR count). The molecule has 46 valence electrons. The summed E-state index contributed by atoms with van der Waals surface area (Å²) in [4.78, 5) is 4.09. The van der Waals surface area contributed by atoms with Crippen molar-refractivity contribution in [2.24, 2.45) is 0 Å². The van der Waals surface area contributed by atoms with Crippen LogP contribution in [0.5, 0.6) is 0 Å².